The van der Waals surface area contributed by atoms with Gasteiger partial charge in [-0.15, -0.1) is 11.3 Å². The Bertz CT molecular complexity index is 1010. The minimum Gasteiger partial charge on any atom is -0.484 e. The third-order valence-electron chi connectivity index (χ3n) is 3.64. The lowest BCUT2D eigenvalue weighted by molar-refractivity contribution is -0.118. The molecule has 0 bridgehead atoms. The maximum absolute atomic E-state index is 12.5. The van der Waals surface area contributed by atoms with Crippen molar-refractivity contribution in [2.75, 3.05) is 11.9 Å². The number of aromatic nitrogens is 1. The fraction of sp³-hybridized carbons (Fsp3) is 0.105. The Morgan fingerprint density at radius 1 is 1.14 bits per heavy atom. The van der Waals surface area contributed by atoms with Gasteiger partial charge in [0.05, 0.1) is 5.69 Å². The highest BCUT2D eigenvalue weighted by atomic mass is 32.1. The van der Waals surface area contributed by atoms with Gasteiger partial charge in [0.1, 0.15) is 11.5 Å². The van der Waals surface area contributed by atoms with E-state index in [4.69, 9.17) is 10.5 Å². The Morgan fingerprint density at radius 2 is 1.86 bits per heavy atom. The molecule has 0 unspecified atom stereocenters. The second-order valence-electron chi connectivity index (χ2n) is 5.64. The number of rotatable bonds is 8. The number of ether oxygens (including phenoxy) is 2. The van der Waals surface area contributed by atoms with Crippen molar-refractivity contribution in [3.63, 3.8) is 0 Å². The molecule has 0 saturated heterocycles. The first-order chi connectivity index (χ1) is 13.9. The largest absolute Gasteiger partial charge is 0.484 e. The Balaban J connectivity index is 1.60. The van der Waals surface area contributed by atoms with Gasteiger partial charge in [0.25, 0.3) is 5.91 Å². The Hall–Kier alpha value is -3.53. The lowest BCUT2D eigenvalue weighted by Crippen LogP contribution is -2.20. The molecule has 150 valence electrons. The Labute approximate surface area is 168 Å². The molecule has 0 aliphatic carbocycles. The SMILES string of the molecule is NC(=O)c1ccc(OCC(=O)Nc2nc(-c3ccccc3OC(F)F)cs2)cc1. The molecule has 0 aliphatic rings. The molecule has 0 aliphatic heterocycles. The van der Waals surface area contributed by atoms with Crippen LogP contribution in [0.4, 0.5) is 13.9 Å². The molecular weight excluding hydrogens is 404 g/mol. The monoisotopic (exact) mass is 419 g/mol. The van der Waals surface area contributed by atoms with Crippen molar-refractivity contribution in [2.24, 2.45) is 5.73 Å². The molecule has 3 N–H and O–H groups in total. The summed E-state index contributed by atoms with van der Waals surface area (Å²) in [6, 6.07) is 12.3. The van der Waals surface area contributed by atoms with Crippen LogP contribution in [-0.4, -0.2) is 30.0 Å². The summed E-state index contributed by atoms with van der Waals surface area (Å²) in [6.45, 7) is -3.24. The van der Waals surface area contributed by atoms with Crippen molar-refractivity contribution in [1.82, 2.24) is 4.98 Å². The predicted molar refractivity (Wildman–Crippen MR) is 103 cm³/mol. The third kappa shape index (κ3) is 5.48. The quantitative estimate of drug-likeness (QED) is 0.581. The normalized spacial score (nSPS) is 10.6. The van der Waals surface area contributed by atoms with Gasteiger partial charge >= 0.3 is 6.61 Å². The van der Waals surface area contributed by atoms with Crippen LogP contribution in [0.3, 0.4) is 0 Å². The number of carbonyl (C=O) groups is 2. The zero-order valence-electron chi connectivity index (χ0n) is 14.8. The molecule has 2 aromatic carbocycles. The van der Waals surface area contributed by atoms with Crippen LogP contribution in [-0.2, 0) is 4.79 Å². The average molecular weight is 419 g/mol. The van der Waals surface area contributed by atoms with E-state index in [9.17, 15) is 18.4 Å². The van der Waals surface area contributed by atoms with Crippen LogP contribution in [0.5, 0.6) is 11.5 Å². The molecule has 3 rings (SSSR count). The Morgan fingerprint density at radius 3 is 2.55 bits per heavy atom. The van der Waals surface area contributed by atoms with Crippen LogP contribution in [0.1, 0.15) is 10.4 Å². The molecule has 29 heavy (non-hydrogen) atoms. The lowest BCUT2D eigenvalue weighted by atomic mass is 10.1. The highest BCUT2D eigenvalue weighted by Gasteiger charge is 2.14. The smallest absolute Gasteiger partial charge is 0.387 e. The highest BCUT2D eigenvalue weighted by molar-refractivity contribution is 7.14. The average Bonchev–Trinajstić information content (AvgIpc) is 3.15. The van der Waals surface area contributed by atoms with Crippen LogP contribution in [0.2, 0.25) is 0 Å². The highest BCUT2D eigenvalue weighted by Crippen LogP contribution is 2.32. The van der Waals surface area contributed by atoms with Crippen molar-refractivity contribution < 1.29 is 27.8 Å². The predicted octanol–water partition coefficient (Wildman–Crippen LogP) is 3.53. The fourth-order valence-corrected chi connectivity index (χ4v) is 3.08. The number of halogens is 2. The van der Waals surface area contributed by atoms with E-state index in [1.165, 1.54) is 30.3 Å². The van der Waals surface area contributed by atoms with Gasteiger partial charge < -0.3 is 15.2 Å². The van der Waals surface area contributed by atoms with E-state index in [2.05, 4.69) is 15.0 Å². The molecule has 0 radical (unpaired) electrons. The van der Waals surface area contributed by atoms with Crippen LogP contribution in [0.15, 0.2) is 53.9 Å². The molecule has 1 heterocycles. The number of nitrogens with one attached hydrogen (secondary N) is 1. The van der Waals surface area contributed by atoms with E-state index in [1.807, 2.05) is 0 Å². The molecule has 3 aromatic rings. The summed E-state index contributed by atoms with van der Waals surface area (Å²) < 4.78 is 34.9. The maximum Gasteiger partial charge on any atom is 0.387 e. The zero-order chi connectivity index (χ0) is 20.8. The number of anilines is 1. The standard InChI is InChI=1S/C19H15F2N3O4S/c20-18(21)28-15-4-2-1-3-13(15)14-10-29-19(23-14)24-16(25)9-27-12-7-5-11(6-8-12)17(22)26/h1-8,10,18H,9H2,(H2,22,26)(H,23,24,25). The molecule has 0 spiro atoms. The molecule has 10 heteroatoms. The number of thiazole rings is 1. The second kappa shape index (κ2) is 9.11. The Kier molecular flexibility index (Phi) is 6.35. The van der Waals surface area contributed by atoms with E-state index >= 15 is 0 Å². The number of hydrogen-bond donors (Lipinski definition) is 2. The minimum atomic E-state index is -2.96. The number of carbonyl (C=O) groups excluding carboxylic acids is 2. The van der Waals surface area contributed by atoms with E-state index < -0.39 is 18.4 Å². The van der Waals surface area contributed by atoms with Gasteiger partial charge in [-0.2, -0.15) is 8.78 Å². The topological polar surface area (TPSA) is 104 Å². The van der Waals surface area contributed by atoms with Crippen LogP contribution >= 0.6 is 11.3 Å². The van der Waals surface area contributed by atoms with E-state index in [0.29, 0.717) is 22.6 Å². The van der Waals surface area contributed by atoms with Gasteiger partial charge in [-0.05, 0) is 36.4 Å². The number of nitrogens with two attached hydrogens (primary N) is 1. The van der Waals surface area contributed by atoms with Crippen LogP contribution < -0.4 is 20.5 Å². The molecule has 7 nitrogen and oxygen atoms in total. The number of para-hydroxylation sites is 1. The number of amides is 2. The summed E-state index contributed by atoms with van der Waals surface area (Å²) in [5.74, 6) is -0.632. The molecule has 0 fully saturated rings. The van der Waals surface area contributed by atoms with Crippen molar-refractivity contribution >= 4 is 28.3 Å². The molecule has 2 amide bonds. The van der Waals surface area contributed by atoms with Gasteiger partial charge in [-0.3, -0.25) is 14.9 Å². The van der Waals surface area contributed by atoms with Crippen molar-refractivity contribution in [3.05, 3.63) is 59.5 Å². The summed E-state index contributed by atoms with van der Waals surface area (Å²) in [7, 11) is 0. The summed E-state index contributed by atoms with van der Waals surface area (Å²) in [6.07, 6.45) is 0. The van der Waals surface area contributed by atoms with Crippen LogP contribution in [0.25, 0.3) is 11.3 Å². The number of hydrogen-bond acceptors (Lipinski definition) is 6. The van der Waals surface area contributed by atoms with Gasteiger partial charge in [0, 0.05) is 16.5 Å². The van der Waals surface area contributed by atoms with Gasteiger partial charge in [-0.1, -0.05) is 12.1 Å². The number of nitrogens with zero attached hydrogens (tertiary/aromatic N) is 1. The maximum atomic E-state index is 12.5. The first-order valence-electron chi connectivity index (χ1n) is 8.24. The minimum absolute atomic E-state index is 0.00609. The molecule has 0 atom stereocenters. The zero-order valence-corrected chi connectivity index (χ0v) is 15.6. The van der Waals surface area contributed by atoms with Crippen molar-refractivity contribution in [1.29, 1.82) is 0 Å². The summed E-state index contributed by atoms with van der Waals surface area (Å²) in [5.41, 5.74) is 6.26. The summed E-state index contributed by atoms with van der Waals surface area (Å²) in [4.78, 5) is 27.3. The van der Waals surface area contributed by atoms with Gasteiger partial charge in [0.2, 0.25) is 5.91 Å². The van der Waals surface area contributed by atoms with E-state index in [0.717, 1.165) is 11.3 Å². The number of alkyl halides is 2. The van der Waals surface area contributed by atoms with E-state index in [1.54, 1.807) is 23.6 Å². The molecule has 1 aromatic heterocycles. The second-order valence-corrected chi connectivity index (χ2v) is 6.50. The van der Waals surface area contributed by atoms with Gasteiger partial charge in [-0.25, -0.2) is 4.98 Å². The lowest BCUT2D eigenvalue weighted by Gasteiger charge is -2.08. The van der Waals surface area contributed by atoms with Crippen LogP contribution in [0, 0.1) is 0 Å². The van der Waals surface area contributed by atoms with Crippen molar-refractivity contribution in [3.8, 4) is 22.8 Å². The fourth-order valence-electron chi connectivity index (χ4n) is 2.35. The molecular formula is C19H15F2N3O4S. The van der Waals surface area contributed by atoms with Crippen molar-refractivity contribution in [2.45, 2.75) is 6.61 Å². The third-order valence-corrected chi connectivity index (χ3v) is 4.40. The summed E-state index contributed by atoms with van der Waals surface area (Å²) in [5, 5.41) is 4.47. The summed E-state index contributed by atoms with van der Waals surface area (Å²) >= 11 is 1.13. The van der Waals surface area contributed by atoms with Gasteiger partial charge in [0.15, 0.2) is 11.7 Å². The number of primary amides is 1. The van der Waals surface area contributed by atoms with E-state index in [-0.39, 0.29) is 17.5 Å². The first kappa shape index (κ1) is 20.2. The first-order valence-corrected chi connectivity index (χ1v) is 9.12. The molecule has 0 saturated carbocycles. The number of benzene rings is 2.